The summed E-state index contributed by atoms with van der Waals surface area (Å²) in [6.07, 6.45) is -7.73. The molecule has 10 heteroatoms. The van der Waals surface area contributed by atoms with Gasteiger partial charge in [-0.25, -0.2) is 0 Å². The average molecular weight is 322 g/mol. The Morgan fingerprint density at radius 3 is 2.14 bits per heavy atom. The summed E-state index contributed by atoms with van der Waals surface area (Å²) >= 11 is 0. The third kappa shape index (κ3) is 3.26. The van der Waals surface area contributed by atoms with Crippen molar-refractivity contribution in [1.29, 1.82) is 0 Å². The molecule has 1 aliphatic carbocycles. The van der Waals surface area contributed by atoms with Crippen LogP contribution in [0.1, 0.15) is 6.42 Å². The predicted octanol–water partition coefficient (Wildman–Crippen LogP) is -5.12. The van der Waals surface area contributed by atoms with Crippen molar-refractivity contribution in [3.63, 3.8) is 0 Å². The number of aliphatic hydroxyl groups is 4. The molecule has 0 spiro atoms. The fraction of sp³-hybridized carbons (Fsp3) is 1.00. The van der Waals surface area contributed by atoms with Crippen molar-refractivity contribution in [2.45, 2.75) is 67.5 Å². The summed E-state index contributed by atoms with van der Waals surface area (Å²) in [7, 11) is 0. The lowest BCUT2D eigenvalue weighted by atomic mass is 9.84. The number of nitrogens with two attached hydrogens (primary N) is 4. The first kappa shape index (κ1) is 17.9. The molecule has 1 aliphatic heterocycles. The minimum absolute atomic E-state index is 0.0441. The van der Waals surface area contributed by atoms with Crippen LogP contribution in [-0.2, 0) is 9.47 Å². The standard InChI is InChI=1S/C12H26N4O6/c13-2-5-8(18)9(19)6(16)12(21-5)22-11-4(15)1-3(14)7(17)10(11)20/h3-12,17-20H,1-2,13-16H2/t3-,4+,5+,6-,7+,8-,9-,10-,11-,12-/m1/s1. The molecular weight excluding hydrogens is 296 g/mol. The van der Waals surface area contributed by atoms with E-state index in [0.29, 0.717) is 0 Å². The highest BCUT2D eigenvalue weighted by Gasteiger charge is 2.47. The summed E-state index contributed by atoms with van der Waals surface area (Å²) < 4.78 is 11.0. The Bertz CT molecular complexity index is 376. The Morgan fingerprint density at radius 2 is 1.55 bits per heavy atom. The molecule has 12 N–H and O–H groups in total. The molecular formula is C12H26N4O6. The highest BCUT2D eigenvalue weighted by Crippen LogP contribution is 2.26. The lowest BCUT2D eigenvalue weighted by Crippen LogP contribution is -2.67. The molecule has 2 fully saturated rings. The number of rotatable bonds is 3. The van der Waals surface area contributed by atoms with Crippen LogP contribution in [0.15, 0.2) is 0 Å². The first-order valence-electron chi connectivity index (χ1n) is 7.28. The number of ether oxygens (including phenoxy) is 2. The molecule has 0 amide bonds. The van der Waals surface area contributed by atoms with Gasteiger partial charge in [-0.05, 0) is 6.42 Å². The van der Waals surface area contributed by atoms with Crippen molar-refractivity contribution in [2.24, 2.45) is 22.9 Å². The average Bonchev–Trinajstić information content (AvgIpc) is 2.49. The third-order valence-electron chi connectivity index (χ3n) is 4.36. The van der Waals surface area contributed by atoms with Gasteiger partial charge in [-0.2, -0.15) is 0 Å². The second-order valence-electron chi connectivity index (χ2n) is 5.98. The molecule has 0 unspecified atom stereocenters. The van der Waals surface area contributed by atoms with E-state index in [2.05, 4.69) is 0 Å². The van der Waals surface area contributed by atoms with Gasteiger partial charge in [0, 0.05) is 18.6 Å². The molecule has 0 aromatic rings. The van der Waals surface area contributed by atoms with Gasteiger partial charge in [0.15, 0.2) is 6.29 Å². The molecule has 22 heavy (non-hydrogen) atoms. The molecule has 130 valence electrons. The molecule has 1 heterocycles. The van der Waals surface area contributed by atoms with Crippen LogP contribution in [0.4, 0.5) is 0 Å². The van der Waals surface area contributed by atoms with E-state index in [1.165, 1.54) is 0 Å². The molecule has 0 radical (unpaired) electrons. The normalized spacial score (nSPS) is 53.5. The van der Waals surface area contributed by atoms with Crippen molar-refractivity contribution in [3.8, 4) is 0 Å². The van der Waals surface area contributed by atoms with Crippen molar-refractivity contribution >= 4 is 0 Å². The van der Waals surface area contributed by atoms with Crippen molar-refractivity contribution in [1.82, 2.24) is 0 Å². The number of hydrogen-bond acceptors (Lipinski definition) is 10. The quantitative estimate of drug-likeness (QED) is 0.248. The molecule has 2 aliphatic rings. The Balaban J connectivity index is 2.08. The zero-order valence-corrected chi connectivity index (χ0v) is 12.1. The smallest absolute Gasteiger partial charge is 0.176 e. The Labute approximate surface area is 128 Å². The zero-order chi connectivity index (χ0) is 16.6. The monoisotopic (exact) mass is 322 g/mol. The minimum atomic E-state index is -1.31. The summed E-state index contributed by atoms with van der Waals surface area (Å²) in [6, 6.07) is -2.34. The van der Waals surface area contributed by atoms with Crippen LogP contribution in [0.25, 0.3) is 0 Å². The topological polar surface area (TPSA) is 203 Å². The number of hydrogen-bond donors (Lipinski definition) is 8. The van der Waals surface area contributed by atoms with Gasteiger partial charge < -0.3 is 52.8 Å². The molecule has 10 nitrogen and oxygen atoms in total. The summed E-state index contributed by atoms with van der Waals surface area (Å²) in [6.45, 7) is -0.0441. The zero-order valence-electron chi connectivity index (χ0n) is 12.1. The highest BCUT2D eigenvalue weighted by molar-refractivity contribution is 4.99. The lowest BCUT2D eigenvalue weighted by Gasteiger charge is -2.45. The summed E-state index contributed by atoms with van der Waals surface area (Å²) in [4.78, 5) is 0. The maximum absolute atomic E-state index is 10.1. The summed E-state index contributed by atoms with van der Waals surface area (Å²) in [5, 5.41) is 39.6. The molecule has 0 aromatic carbocycles. The van der Waals surface area contributed by atoms with E-state index < -0.39 is 61.0 Å². The molecule has 0 aromatic heterocycles. The maximum Gasteiger partial charge on any atom is 0.176 e. The van der Waals surface area contributed by atoms with E-state index >= 15 is 0 Å². The van der Waals surface area contributed by atoms with Crippen LogP contribution in [0.3, 0.4) is 0 Å². The van der Waals surface area contributed by atoms with E-state index in [0.717, 1.165) is 0 Å². The number of aliphatic hydroxyl groups excluding tert-OH is 4. The van der Waals surface area contributed by atoms with Crippen LogP contribution in [-0.4, -0.2) is 88.0 Å². The van der Waals surface area contributed by atoms with Crippen LogP contribution in [0.2, 0.25) is 0 Å². The van der Waals surface area contributed by atoms with Gasteiger partial charge in [0.05, 0.1) is 12.1 Å². The van der Waals surface area contributed by atoms with Gasteiger partial charge >= 0.3 is 0 Å². The second-order valence-corrected chi connectivity index (χ2v) is 5.98. The molecule has 1 saturated heterocycles. The molecule has 0 bridgehead atoms. The van der Waals surface area contributed by atoms with Gasteiger partial charge in [0.1, 0.15) is 30.5 Å². The summed E-state index contributed by atoms with van der Waals surface area (Å²) in [5.41, 5.74) is 22.8. The SMILES string of the molecule is NC[C@@H]1O[C@H](O[C@H]2[C@H](O)[C@@H](O)[C@H](N)C[C@@H]2N)[C@H](N)[C@@H](O)[C@@H]1O. The van der Waals surface area contributed by atoms with E-state index in [1.807, 2.05) is 0 Å². The van der Waals surface area contributed by atoms with E-state index in [4.69, 9.17) is 32.4 Å². The first-order valence-corrected chi connectivity index (χ1v) is 7.28. The molecule has 10 atom stereocenters. The van der Waals surface area contributed by atoms with Crippen molar-refractivity contribution < 1.29 is 29.9 Å². The largest absolute Gasteiger partial charge is 0.389 e. The van der Waals surface area contributed by atoms with Crippen molar-refractivity contribution in [3.05, 3.63) is 0 Å². The van der Waals surface area contributed by atoms with Crippen LogP contribution in [0, 0.1) is 0 Å². The first-order chi connectivity index (χ1) is 10.3. The maximum atomic E-state index is 10.1. The van der Waals surface area contributed by atoms with Gasteiger partial charge in [-0.1, -0.05) is 0 Å². The van der Waals surface area contributed by atoms with E-state index in [1.54, 1.807) is 0 Å². The Hall–Kier alpha value is -0.400. The van der Waals surface area contributed by atoms with Crippen molar-refractivity contribution in [2.75, 3.05) is 6.54 Å². The van der Waals surface area contributed by atoms with E-state index in [-0.39, 0.29) is 13.0 Å². The van der Waals surface area contributed by atoms with Crippen LogP contribution in [0.5, 0.6) is 0 Å². The highest BCUT2D eigenvalue weighted by atomic mass is 16.7. The van der Waals surface area contributed by atoms with Gasteiger partial charge in [0.25, 0.3) is 0 Å². The Morgan fingerprint density at radius 1 is 0.909 bits per heavy atom. The summed E-state index contributed by atoms with van der Waals surface area (Å²) in [5.74, 6) is 0. The van der Waals surface area contributed by atoms with Gasteiger partial charge in [0.2, 0.25) is 0 Å². The predicted molar refractivity (Wildman–Crippen MR) is 75.2 cm³/mol. The fourth-order valence-corrected chi connectivity index (χ4v) is 2.89. The molecule has 1 saturated carbocycles. The molecule has 2 rings (SSSR count). The van der Waals surface area contributed by atoms with Crippen LogP contribution < -0.4 is 22.9 Å². The minimum Gasteiger partial charge on any atom is -0.389 e. The third-order valence-corrected chi connectivity index (χ3v) is 4.36. The van der Waals surface area contributed by atoms with Crippen LogP contribution >= 0.6 is 0 Å². The van der Waals surface area contributed by atoms with Gasteiger partial charge in [-0.15, -0.1) is 0 Å². The second kappa shape index (κ2) is 7.01. The van der Waals surface area contributed by atoms with Gasteiger partial charge in [-0.3, -0.25) is 0 Å². The lowest BCUT2D eigenvalue weighted by molar-refractivity contribution is -0.287. The van der Waals surface area contributed by atoms with E-state index in [9.17, 15) is 20.4 Å². The fourth-order valence-electron chi connectivity index (χ4n) is 2.89. The Kier molecular flexibility index (Phi) is 5.72.